The first-order valence-electron chi connectivity index (χ1n) is 14.7. The Kier molecular flexibility index (Phi) is 10.6. The van der Waals surface area contributed by atoms with Gasteiger partial charge < -0.3 is 35.7 Å². The molecule has 1 aromatic carbocycles. The Balaban J connectivity index is 1.30. The molecule has 4 amide bonds. The van der Waals surface area contributed by atoms with Crippen molar-refractivity contribution in [2.45, 2.75) is 93.6 Å². The molecule has 3 fully saturated rings. The maximum atomic E-state index is 13.1. The first-order valence-corrected chi connectivity index (χ1v) is 15.5. The summed E-state index contributed by atoms with van der Waals surface area (Å²) in [7, 11) is 0. The van der Waals surface area contributed by atoms with Gasteiger partial charge in [0, 0.05) is 12.8 Å². The molecule has 3 aliphatic rings. The number of thioether (sulfide) groups is 1. The van der Waals surface area contributed by atoms with Crippen molar-refractivity contribution in [2.75, 3.05) is 6.61 Å². The summed E-state index contributed by atoms with van der Waals surface area (Å²) in [5.41, 5.74) is 7.42. The molecule has 0 bridgehead atoms. The number of carboxylic acid groups (broad SMARTS) is 1. The maximum absolute atomic E-state index is 13.1. The van der Waals surface area contributed by atoms with Gasteiger partial charge in [-0.15, -0.1) is 16.8 Å². The monoisotopic (exact) mass is 646 g/mol. The molecule has 244 valence electrons. The van der Waals surface area contributed by atoms with Gasteiger partial charge in [0.25, 0.3) is 11.8 Å². The van der Waals surface area contributed by atoms with Crippen molar-refractivity contribution in [2.24, 2.45) is 5.73 Å². The van der Waals surface area contributed by atoms with Crippen LogP contribution in [0.15, 0.2) is 35.9 Å². The van der Waals surface area contributed by atoms with Crippen molar-refractivity contribution in [3.05, 3.63) is 41.5 Å². The van der Waals surface area contributed by atoms with E-state index in [1.54, 1.807) is 6.92 Å². The number of imide groups is 1. The van der Waals surface area contributed by atoms with Crippen LogP contribution in [0, 0.1) is 0 Å². The topological polar surface area (TPSA) is 206 Å². The summed E-state index contributed by atoms with van der Waals surface area (Å²) in [6, 6.07) is 2.72. The summed E-state index contributed by atoms with van der Waals surface area (Å²) in [6.07, 6.45) is 3.76. The number of carboxylic acids is 1. The number of β-lactam (4-membered cyclic amide) rings is 1. The van der Waals surface area contributed by atoms with Crippen LogP contribution < -0.4 is 11.1 Å². The lowest BCUT2D eigenvalue weighted by Crippen LogP contribution is -2.71. The van der Waals surface area contributed by atoms with Gasteiger partial charge in [-0.3, -0.25) is 19.2 Å². The Hall–Kier alpha value is -3.95. The molecule has 5 N–H and O–H groups in total. The molecule has 4 rings (SSSR count). The molecule has 0 spiro atoms. The quantitative estimate of drug-likeness (QED) is 0.129. The number of benzene rings is 1. The van der Waals surface area contributed by atoms with Crippen LogP contribution in [0.3, 0.4) is 0 Å². The van der Waals surface area contributed by atoms with E-state index in [1.165, 1.54) is 40.9 Å². The van der Waals surface area contributed by atoms with E-state index in [0.717, 1.165) is 5.57 Å². The van der Waals surface area contributed by atoms with Crippen LogP contribution in [0.2, 0.25) is 0 Å². The number of nitrogens with two attached hydrogens (primary N) is 1. The minimum Gasteiger partial charge on any atom is -0.508 e. The number of rotatable bonds is 14. The van der Waals surface area contributed by atoms with Gasteiger partial charge in [0.1, 0.15) is 35.9 Å². The van der Waals surface area contributed by atoms with Gasteiger partial charge in [0.15, 0.2) is 0 Å². The zero-order valence-corrected chi connectivity index (χ0v) is 26.1. The minimum atomic E-state index is -1.14. The smallest absolute Gasteiger partial charge is 0.358 e. The number of phenols is 1. The number of phenolic OH excluding ortho intramolecular Hbond substituents is 1. The number of carbonyl (C=O) groups excluding carboxylic acids is 5. The fourth-order valence-corrected chi connectivity index (χ4v) is 7.63. The van der Waals surface area contributed by atoms with E-state index in [2.05, 4.69) is 5.32 Å². The highest BCUT2D eigenvalue weighted by Crippen LogP contribution is 2.53. The molecule has 14 nitrogen and oxygen atoms in total. The molecule has 45 heavy (non-hydrogen) atoms. The SMILES string of the molecule is CCC(CC/C=C(/C)CC1(C)S[C@@H]2[C@H](NC(=O)[C@H](N)c3ccc(O)cc3)C(=O)N2[C@H]1C(=O)O)OCC(=O)ON1C(=O)CCC1=O. The molecule has 6 atom stereocenters. The summed E-state index contributed by atoms with van der Waals surface area (Å²) in [6.45, 7) is 5.14. The number of hydrogen-bond acceptors (Lipinski definition) is 11. The molecular weight excluding hydrogens is 608 g/mol. The third kappa shape index (κ3) is 7.48. The van der Waals surface area contributed by atoms with Gasteiger partial charge in [0.05, 0.1) is 10.9 Å². The van der Waals surface area contributed by atoms with Crippen LogP contribution in [0.5, 0.6) is 5.75 Å². The zero-order valence-electron chi connectivity index (χ0n) is 25.3. The Labute approximate surface area is 264 Å². The highest BCUT2D eigenvalue weighted by molar-refractivity contribution is 8.01. The van der Waals surface area contributed by atoms with Crippen LogP contribution >= 0.6 is 11.8 Å². The number of aromatic hydroxyl groups is 1. The third-order valence-corrected chi connectivity index (χ3v) is 9.74. The molecular formula is C30H38N4O10S. The number of ether oxygens (including phenoxy) is 1. The number of aliphatic carboxylic acids is 1. The number of allylic oxidation sites excluding steroid dienone is 2. The highest BCUT2D eigenvalue weighted by Gasteiger charge is 2.65. The summed E-state index contributed by atoms with van der Waals surface area (Å²) in [5.74, 6) is -4.16. The number of carbonyl (C=O) groups is 6. The minimum absolute atomic E-state index is 0.00390. The van der Waals surface area contributed by atoms with Crippen molar-refractivity contribution in [3.8, 4) is 5.75 Å². The van der Waals surface area contributed by atoms with Crippen LogP contribution in [-0.4, -0.2) is 90.7 Å². The summed E-state index contributed by atoms with van der Waals surface area (Å²) in [4.78, 5) is 79.7. The van der Waals surface area contributed by atoms with Gasteiger partial charge in [-0.2, -0.15) is 0 Å². The van der Waals surface area contributed by atoms with Gasteiger partial charge in [-0.05, 0) is 57.2 Å². The van der Waals surface area contributed by atoms with Crippen molar-refractivity contribution in [3.63, 3.8) is 0 Å². The van der Waals surface area contributed by atoms with Crippen molar-refractivity contribution < 1.29 is 48.6 Å². The number of nitrogens with one attached hydrogen (secondary N) is 1. The van der Waals surface area contributed by atoms with Crippen LogP contribution in [0.25, 0.3) is 0 Å². The lowest BCUT2D eigenvalue weighted by molar-refractivity contribution is -0.201. The number of fused-ring (bicyclic) bond motifs is 1. The fourth-order valence-electron chi connectivity index (χ4n) is 5.77. The highest BCUT2D eigenvalue weighted by atomic mass is 32.2. The standard InChI is InChI=1S/C30H38N4O10S/c1-4-19(43-15-22(38)44-34-20(36)12-13-21(34)37)7-5-6-16(2)14-30(3)25(29(41)42)33-27(40)24(28(33)45-30)32-26(39)23(31)17-8-10-18(35)11-9-17/h6,8-11,19,23-25,28,35H,4-5,7,12-15,31H2,1-3H3,(H,32,39)(H,41,42)/b16-6-/t19?,23-,24-,25+,28-,30?/m1/s1. The number of hydrogen-bond donors (Lipinski definition) is 4. The summed E-state index contributed by atoms with van der Waals surface area (Å²) in [5, 5.41) is 22.1. The second-order valence-electron chi connectivity index (χ2n) is 11.6. The Bertz CT molecular complexity index is 1370. The van der Waals surface area contributed by atoms with Gasteiger partial charge >= 0.3 is 11.9 Å². The average molecular weight is 647 g/mol. The molecule has 1 aromatic rings. The predicted octanol–water partition coefficient (Wildman–Crippen LogP) is 1.52. The summed E-state index contributed by atoms with van der Waals surface area (Å²) < 4.78 is 4.75. The largest absolute Gasteiger partial charge is 0.508 e. The van der Waals surface area contributed by atoms with E-state index in [4.69, 9.17) is 15.3 Å². The molecule has 0 aromatic heterocycles. The second-order valence-corrected chi connectivity index (χ2v) is 13.2. The van der Waals surface area contributed by atoms with Crippen LogP contribution in [0.1, 0.15) is 70.9 Å². The van der Waals surface area contributed by atoms with Crippen molar-refractivity contribution >= 4 is 47.3 Å². The van der Waals surface area contributed by atoms with Crippen molar-refractivity contribution in [1.29, 1.82) is 0 Å². The number of amides is 4. The molecule has 3 saturated heterocycles. The zero-order chi connectivity index (χ0) is 33.1. The molecule has 2 unspecified atom stereocenters. The Morgan fingerprint density at radius 2 is 1.82 bits per heavy atom. The number of hydroxylamine groups is 2. The van der Waals surface area contributed by atoms with E-state index >= 15 is 0 Å². The molecule has 15 heteroatoms. The molecule has 3 heterocycles. The first kappa shape index (κ1) is 33.9. The van der Waals surface area contributed by atoms with E-state index in [0.29, 0.717) is 36.3 Å². The fraction of sp³-hybridized carbons (Fsp3) is 0.533. The normalized spacial score (nSPS) is 25.9. The van der Waals surface area contributed by atoms with E-state index in [1.807, 2.05) is 19.9 Å². The lowest BCUT2D eigenvalue weighted by Gasteiger charge is -2.43. The summed E-state index contributed by atoms with van der Waals surface area (Å²) >= 11 is 1.33. The van der Waals surface area contributed by atoms with Gasteiger partial charge in [-0.25, -0.2) is 9.59 Å². The Morgan fingerprint density at radius 3 is 2.42 bits per heavy atom. The predicted molar refractivity (Wildman–Crippen MR) is 160 cm³/mol. The first-order chi connectivity index (χ1) is 21.2. The van der Waals surface area contributed by atoms with Crippen LogP contribution in [0.4, 0.5) is 0 Å². The van der Waals surface area contributed by atoms with E-state index in [-0.39, 0.29) is 24.7 Å². The van der Waals surface area contributed by atoms with Gasteiger partial charge in [-0.1, -0.05) is 30.7 Å². The van der Waals surface area contributed by atoms with E-state index in [9.17, 15) is 39.0 Å². The maximum Gasteiger partial charge on any atom is 0.358 e. The van der Waals surface area contributed by atoms with Gasteiger partial charge in [0.2, 0.25) is 11.8 Å². The second kappa shape index (κ2) is 14.0. The Morgan fingerprint density at radius 1 is 1.18 bits per heavy atom. The lowest BCUT2D eigenvalue weighted by atomic mass is 9.89. The van der Waals surface area contributed by atoms with Crippen molar-refractivity contribution in [1.82, 2.24) is 15.3 Å². The van der Waals surface area contributed by atoms with Crippen LogP contribution in [-0.2, 0) is 38.3 Å². The molecule has 0 saturated carbocycles. The van der Waals surface area contributed by atoms with E-state index < -0.39 is 70.4 Å². The molecule has 0 radical (unpaired) electrons. The number of nitrogens with zero attached hydrogens (tertiary/aromatic N) is 2. The third-order valence-electron chi connectivity index (χ3n) is 8.10. The molecule has 0 aliphatic carbocycles. The average Bonchev–Trinajstić information content (AvgIpc) is 3.45. The molecule has 3 aliphatic heterocycles.